The van der Waals surface area contributed by atoms with Crippen LogP contribution in [0.4, 0.5) is 0 Å². The number of fused-ring (bicyclic) bond motifs is 7. The summed E-state index contributed by atoms with van der Waals surface area (Å²) in [7, 11) is 0. The van der Waals surface area contributed by atoms with Crippen LogP contribution in [0.2, 0.25) is 0 Å². The highest BCUT2D eigenvalue weighted by Crippen LogP contribution is 2.71. The summed E-state index contributed by atoms with van der Waals surface area (Å²) >= 11 is 0. The first-order valence-electron chi connectivity index (χ1n) is 20.9. The lowest BCUT2D eigenvalue weighted by molar-refractivity contribution is -0.171. The highest BCUT2D eigenvalue weighted by Gasteiger charge is 2.65. The van der Waals surface area contributed by atoms with Crippen molar-refractivity contribution in [3.8, 4) is 0 Å². The Bertz CT molecular complexity index is 1510. The van der Waals surface area contributed by atoms with Crippen LogP contribution in [0, 0.1) is 75.9 Å². The molecule has 6 saturated carbocycles. The van der Waals surface area contributed by atoms with Crippen LogP contribution < -0.4 is 10.6 Å². The van der Waals surface area contributed by atoms with E-state index in [1.807, 2.05) is 0 Å². The molecule has 12 atom stereocenters. The maximum Gasteiger partial charge on any atom is 0.245 e. The number of aldehydes is 1. The van der Waals surface area contributed by atoms with E-state index in [0.29, 0.717) is 48.2 Å². The molecular weight excluding hydrogens is 636 g/mol. The van der Waals surface area contributed by atoms with Gasteiger partial charge in [0.15, 0.2) is 5.78 Å². The molecule has 0 aromatic carbocycles. The number of nitrogens with one attached hydrogen (secondary N) is 2. The first-order chi connectivity index (χ1) is 24.0. The van der Waals surface area contributed by atoms with Gasteiger partial charge in [-0.05, 0) is 154 Å². The number of allylic oxidation sites excluding steroid dienone is 1. The minimum Gasteiger partial charge on any atom is -0.344 e. The van der Waals surface area contributed by atoms with E-state index in [0.717, 1.165) is 69.6 Å². The summed E-state index contributed by atoms with van der Waals surface area (Å²) in [4.78, 5) is 65.7. The van der Waals surface area contributed by atoms with Gasteiger partial charge in [0, 0.05) is 30.6 Å². The number of Topliss-reactive ketones (excluding diaryl/α,β-unsaturated/α-hetero) is 2. The van der Waals surface area contributed by atoms with E-state index in [1.165, 1.54) is 24.8 Å². The second-order valence-corrected chi connectivity index (χ2v) is 20.2. The first kappa shape index (κ1) is 37.0. The van der Waals surface area contributed by atoms with Crippen molar-refractivity contribution in [2.45, 2.75) is 156 Å². The number of hydrogen-bond donors (Lipinski definition) is 2. The molecule has 0 spiro atoms. The molecule has 282 valence electrons. The van der Waals surface area contributed by atoms with Gasteiger partial charge in [0.25, 0.3) is 0 Å². The fourth-order valence-electron chi connectivity index (χ4n) is 13.8. The molecular formula is C44H66N2O5. The fraction of sp³-hybridized carbons (Fsp3) is 0.841. The number of hydrogen-bond acceptors (Lipinski definition) is 5. The normalized spacial score (nSPS) is 43.5. The maximum atomic E-state index is 14.1. The molecule has 0 aliphatic heterocycles. The van der Waals surface area contributed by atoms with Crippen LogP contribution in [0.1, 0.15) is 145 Å². The average Bonchev–Trinajstić information content (AvgIpc) is 3.32. The first-order valence-corrected chi connectivity index (χ1v) is 20.9. The molecule has 2 N–H and O–H groups in total. The fourth-order valence-corrected chi connectivity index (χ4v) is 13.8. The van der Waals surface area contributed by atoms with Gasteiger partial charge in [-0.2, -0.15) is 0 Å². The van der Waals surface area contributed by atoms with Crippen molar-refractivity contribution < 1.29 is 24.0 Å². The van der Waals surface area contributed by atoms with Gasteiger partial charge in [-0.1, -0.05) is 48.0 Å². The number of carbonyl (C=O) groups excluding carboxylic acids is 5. The standard InChI is InChI=1S/C44H66N2O5/c1-24(2)37-35(49)22-44(46-40(51)41(5,6)45-39(50)27-10-9-11-27)19-16-33-30(38(37)44)12-13-36-42(7)17-14-28(26(4)32(42)15-18-43(33,36)8)21-34(48)31-20-29(23-47)25(31)3/h23-33,36H,9-22H2,1-8H3,(H,45,50)(H,46,51). The number of amides is 2. The Morgan fingerprint density at radius 3 is 2.20 bits per heavy atom. The van der Waals surface area contributed by atoms with E-state index in [-0.39, 0.29) is 63.9 Å². The predicted molar refractivity (Wildman–Crippen MR) is 198 cm³/mol. The minimum atomic E-state index is -1.06. The highest BCUT2D eigenvalue weighted by molar-refractivity contribution is 6.03. The number of carbonyl (C=O) groups is 5. The molecule has 0 saturated heterocycles. The Morgan fingerprint density at radius 1 is 0.902 bits per heavy atom. The van der Waals surface area contributed by atoms with Gasteiger partial charge in [0.2, 0.25) is 11.8 Å². The molecule has 0 aromatic heterocycles. The van der Waals surface area contributed by atoms with Gasteiger partial charge in [0.05, 0.1) is 5.54 Å². The molecule has 0 bridgehead atoms. The smallest absolute Gasteiger partial charge is 0.245 e. The van der Waals surface area contributed by atoms with Crippen LogP contribution in [0.15, 0.2) is 11.1 Å². The third-order valence-corrected chi connectivity index (χ3v) is 17.1. The van der Waals surface area contributed by atoms with E-state index in [1.54, 1.807) is 13.8 Å². The van der Waals surface area contributed by atoms with Crippen molar-refractivity contribution in [2.75, 3.05) is 0 Å². The van der Waals surface area contributed by atoms with Crippen molar-refractivity contribution in [3.05, 3.63) is 11.1 Å². The van der Waals surface area contributed by atoms with Crippen molar-refractivity contribution in [3.63, 3.8) is 0 Å². The van der Waals surface area contributed by atoms with Crippen molar-refractivity contribution in [1.82, 2.24) is 10.6 Å². The molecule has 51 heavy (non-hydrogen) atoms. The summed E-state index contributed by atoms with van der Waals surface area (Å²) in [6.07, 6.45) is 14.3. The molecule has 0 radical (unpaired) electrons. The van der Waals surface area contributed by atoms with Crippen LogP contribution in [0.25, 0.3) is 0 Å². The van der Waals surface area contributed by atoms with Crippen LogP contribution in [-0.4, -0.2) is 40.7 Å². The summed E-state index contributed by atoms with van der Waals surface area (Å²) in [5, 5.41) is 6.52. The van der Waals surface area contributed by atoms with E-state index < -0.39 is 11.1 Å². The molecule has 7 aliphatic rings. The zero-order chi connectivity index (χ0) is 36.8. The van der Waals surface area contributed by atoms with Gasteiger partial charge in [-0.3, -0.25) is 19.2 Å². The van der Waals surface area contributed by atoms with E-state index in [9.17, 15) is 24.0 Å². The van der Waals surface area contributed by atoms with Gasteiger partial charge < -0.3 is 15.4 Å². The van der Waals surface area contributed by atoms with Gasteiger partial charge in [0.1, 0.15) is 17.6 Å². The van der Waals surface area contributed by atoms with E-state index >= 15 is 0 Å². The minimum absolute atomic E-state index is 0.00337. The van der Waals surface area contributed by atoms with Crippen molar-refractivity contribution in [1.29, 1.82) is 0 Å². The predicted octanol–water partition coefficient (Wildman–Crippen LogP) is 7.80. The topological polar surface area (TPSA) is 109 Å². The molecule has 7 nitrogen and oxygen atoms in total. The van der Waals surface area contributed by atoms with E-state index in [4.69, 9.17) is 0 Å². The second kappa shape index (κ2) is 12.9. The molecule has 0 aromatic rings. The molecule has 7 heteroatoms. The molecule has 7 aliphatic carbocycles. The Kier molecular flexibility index (Phi) is 9.38. The lowest BCUT2D eigenvalue weighted by atomic mass is 9.38. The van der Waals surface area contributed by atoms with Crippen molar-refractivity contribution >= 4 is 29.7 Å². The highest BCUT2D eigenvalue weighted by atomic mass is 16.2. The molecule has 0 heterocycles. The van der Waals surface area contributed by atoms with E-state index in [2.05, 4.69) is 52.2 Å². The monoisotopic (exact) mass is 702 g/mol. The average molecular weight is 703 g/mol. The Labute approximate surface area is 307 Å². The quantitative estimate of drug-likeness (QED) is 0.239. The van der Waals surface area contributed by atoms with Gasteiger partial charge >= 0.3 is 0 Å². The Hall–Kier alpha value is -2.31. The van der Waals surface area contributed by atoms with Gasteiger partial charge in [-0.15, -0.1) is 0 Å². The maximum absolute atomic E-state index is 14.1. The largest absolute Gasteiger partial charge is 0.344 e. The third-order valence-electron chi connectivity index (χ3n) is 17.1. The van der Waals surface area contributed by atoms with Crippen LogP contribution in [0.3, 0.4) is 0 Å². The number of rotatable bonds is 9. The summed E-state index contributed by atoms with van der Waals surface area (Å²) in [5.41, 5.74) is 0.864. The summed E-state index contributed by atoms with van der Waals surface area (Å²) < 4.78 is 0. The SMILES string of the molecule is CC(C)C1=C2C3CCC4C(C)(CCC5C(C)C(CC(=O)C6CC(C=O)C6C)CCC54C)C3CCC2(NC(=O)C(C)(C)NC(=O)C2CCC2)CC1=O. The van der Waals surface area contributed by atoms with Crippen LogP contribution in [0.5, 0.6) is 0 Å². The summed E-state index contributed by atoms with van der Waals surface area (Å²) in [5.74, 6) is 3.70. The third kappa shape index (κ3) is 5.74. The summed E-state index contributed by atoms with van der Waals surface area (Å²) in [6, 6.07) is 0. The van der Waals surface area contributed by atoms with Crippen molar-refractivity contribution in [2.24, 2.45) is 75.9 Å². The number of ketones is 2. The lowest BCUT2D eigenvalue weighted by Gasteiger charge is -2.67. The Balaban J connectivity index is 1.10. The zero-order valence-corrected chi connectivity index (χ0v) is 32.9. The van der Waals surface area contributed by atoms with Crippen LogP contribution >= 0.6 is 0 Å². The Morgan fingerprint density at radius 2 is 1.57 bits per heavy atom. The second-order valence-electron chi connectivity index (χ2n) is 20.2. The molecule has 6 fully saturated rings. The van der Waals surface area contributed by atoms with Crippen LogP contribution in [-0.2, 0) is 24.0 Å². The van der Waals surface area contributed by atoms with Gasteiger partial charge in [-0.25, -0.2) is 0 Å². The molecule has 12 unspecified atom stereocenters. The molecule has 7 rings (SSSR count). The lowest BCUT2D eigenvalue weighted by Crippen LogP contribution is -2.65. The molecule has 2 amide bonds. The zero-order valence-electron chi connectivity index (χ0n) is 32.9. The summed E-state index contributed by atoms with van der Waals surface area (Å²) in [6.45, 7) is 17.6.